The Balaban J connectivity index is 2.17. The van der Waals surface area contributed by atoms with E-state index in [1.165, 1.54) is 0 Å². The number of halogens is 2. The normalized spacial score (nSPS) is 33.2. The van der Waals surface area contributed by atoms with E-state index >= 15 is 0 Å². The standard InChI is InChI=1S/C14H22F2O2/c1-12(2)4-3-10(9-12)13(11(17)18)5-7-14(15,16)8-6-13/h10H,3-9H2,1-2H3,(H,17,18). The topological polar surface area (TPSA) is 37.3 Å². The van der Waals surface area contributed by atoms with Crippen molar-refractivity contribution in [1.82, 2.24) is 0 Å². The highest BCUT2D eigenvalue weighted by Gasteiger charge is 2.54. The van der Waals surface area contributed by atoms with Gasteiger partial charge in [-0.1, -0.05) is 13.8 Å². The molecule has 1 atom stereocenters. The lowest BCUT2D eigenvalue weighted by Crippen LogP contribution is -2.44. The first-order chi connectivity index (χ1) is 8.17. The SMILES string of the molecule is CC1(C)CCC(C2(C(=O)O)CCC(F)(F)CC2)C1. The third kappa shape index (κ3) is 2.39. The van der Waals surface area contributed by atoms with Crippen LogP contribution in [0.2, 0.25) is 0 Å². The van der Waals surface area contributed by atoms with Crippen molar-refractivity contribution >= 4 is 5.97 Å². The number of hydrogen-bond donors (Lipinski definition) is 1. The van der Waals surface area contributed by atoms with Crippen molar-refractivity contribution in [3.8, 4) is 0 Å². The second kappa shape index (κ2) is 4.17. The third-order valence-electron chi connectivity index (χ3n) is 5.05. The molecule has 2 fully saturated rings. The monoisotopic (exact) mass is 260 g/mol. The average Bonchev–Trinajstić information content (AvgIpc) is 2.59. The second-order valence-corrected chi connectivity index (χ2v) is 6.92. The summed E-state index contributed by atoms with van der Waals surface area (Å²) < 4.78 is 26.5. The molecular formula is C14H22F2O2. The zero-order valence-corrected chi connectivity index (χ0v) is 11.1. The molecular weight excluding hydrogens is 238 g/mol. The van der Waals surface area contributed by atoms with Gasteiger partial charge < -0.3 is 5.11 Å². The van der Waals surface area contributed by atoms with Crippen LogP contribution >= 0.6 is 0 Å². The number of carboxylic acid groups (broad SMARTS) is 1. The van der Waals surface area contributed by atoms with Crippen molar-refractivity contribution in [2.75, 3.05) is 0 Å². The third-order valence-corrected chi connectivity index (χ3v) is 5.05. The molecule has 0 aromatic heterocycles. The quantitative estimate of drug-likeness (QED) is 0.811. The molecule has 1 N–H and O–H groups in total. The van der Waals surface area contributed by atoms with Gasteiger partial charge in [-0.15, -0.1) is 0 Å². The van der Waals surface area contributed by atoms with Gasteiger partial charge in [-0.05, 0) is 43.4 Å². The molecule has 0 aliphatic heterocycles. The van der Waals surface area contributed by atoms with Crippen molar-refractivity contribution < 1.29 is 18.7 Å². The highest BCUT2D eigenvalue weighted by atomic mass is 19.3. The minimum absolute atomic E-state index is 0.0705. The molecule has 0 spiro atoms. The summed E-state index contributed by atoms with van der Waals surface area (Å²) in [6.45, 7) is 4.28. The van der Waals surface area contributed by atoms with Crippen LogP contribution in [0, 0.1) is 16.7 Å². The van der Waals surface area contributed by atoms with Gasteiger partial charge in [0.2, 0.25) is 5.92 Å². The molecule has 0 aromatic carbocycles. The lowest BCUT2D eigenvalue weighted by atomic mass is 9.63. The molecule has 2 aliphatic rings. The lowest BCUT2D eigenvalue weighted by molar-refractivity contribution is -0.162. The summed E-state index contributed by atoms with van der Waals surface area (Å²) in [6, 6.07) is 0. The largest absolute Gasteiger partial charge is 0.481 e. The van der Waals surface area contributed by atoms with E-state index < -0.39 is 17.3 Å². The van der Waals surface area contributed by atoms with Gasteiger partial charge in [0.1, 0.15) is 0 Å². The first kappa shape index (κ1) is 13.8. The van der Waals surface area contributed by atoms with Crippen LogP contribution in [0.15, 0.2) is 0 Å². The van der Waals surface area contributed by atoms with Crippen molar-refractivity contribution in [2.45, 2.75) is 64.7 Å². The van der Waals surface area contributed by atoms with Gasteiger partial charge in [0, 0.05) is 12.8 Å². The number of carbonyl (C=O) groups is 1. The van der Waals surface area contributed by atoms with E-state index in [9.17, 15) is 18.7 Å². The molecule has 104 valence electrons. The van der Waals surface area contributed by atoms with E-state index in [4.69, 9.17) is 0 Å². The fourth-order valence-corrected chi connectivity index (χ4v) is 3.77. The van der Waals surface area contributed by atoms with Crippen LogP contribution in [0.25, 0.3) is 0 Å². The highest BCUT2D eigenvalue weighted by molar-refractivity contribution is 5.75. The smallest absolute Gasteiger partial charge is 0.309 e. The minimum Gasteiger partial charge on any atom is -0.481 e. The van der Waals surface area contributed by atoms with Crippen LogP contribution in [0.3, 0.4) is 0 Å². The molecule has 0 aromatic rings. The van der Waals surface area contributed by atoms with Crippen LogP contribution in [0.1, 0.15) is 58.8 Å². The Labute approximate surface area is 107 Å². The Morgan fingerprint density at radius 1 is 1.11 bits per heavy atom. The molecule has 2 saturated carbocycles. The summed E-state index contributed by atoms with van der Waals surface area (Å²) in [4.78, 5) is 11.6. The summed E-state index contributed by atoms with van der Waals surface area (Å²) in [7, 11) is 0. The van der Waals surface area contributed by atoms with Crippen LogP contribution < -0.4 is 0 Å². The predicted molar refractivity (Wildman–Crippen MR) is 64.6 cm³/mol. The maximum Gasteiger partial charge on any atom is 0.309 e. The van der Waals surface area contributed by atoms with Gasteiger partial charge >= 0.3 is 5.97 Å². The van der Waals surface area contributed by atoms with Crippen molar-refractivity contribution in [3.05, 3.63) is 0 Å². The summed E-state index contributed by atoms with van der Waals surface area (Å²) in [5.41, 5.74) is -0.734. The molecule has 1 unspecified atom stereocenters. The number of aliphatic carboxylic acids is 1. The first-order valence-electron chi connectivity index (χ1n) is 6.78. The Hall–Kier alpha value is -0.670. The number of rotatable bonds is 2. The van der Waals surface area contributed by atoms with E-state index in [0.29, 0.717) is 0 Å². The average molecular weight is 260 g/mol. The zero-order valence-electron chi connectivity index (χ0n) is 11.1. The molecule has 0 amide bonds. The van der Waals surface area contributed by atoms with Gasteiger partial charge in [0.05, 0.1) is 5.41 Å². The van der Waals surface area contributed by atoms with E-state index in [2.05, 4.69) is 13.8 Å². The molecule has 2 rings (SSSR count). The predicted octanol–water partition coefficient (Wildman–Crippen LogP) is 4.09. The van der Waals surface area contributed by atoms with Crippen LogP contribution in [0.5, 0.6) is 0 Å². The molecule has 2 aliphatic carbocycles. The fourth-order valence-electron chi connectivity index (χ4n) is 3.77. The zero-order chi connectivity index (χ0) is 13.6. The van der Waals surface area contributed by atoms with E-state index in [1.807, 2.05) is 0 Å². The lowest BCUT2D eigenvalue weighted by Gasteiger charge is -2.41. The Morgan fingerprint density at radius 3 is 2.06 bits per heavy atom. The molecule has 2 nitrogen and oxygen atoms in total. The summed E-state index contributed by atoms with van der Waals surface area (Å²) in [6.07, 6.45) is 2.46. The molecule has 0 heterocycles. The van der Waals surface area contributed by atoms with Crippen molar-refractivity contribution in [3.63, 3.8) is 0 Å². The van der Waals surface area contributed by atoms with Gasteiger partial charge in [0.15, 0.2) is 0 Å². The number of alkyl halides is 2. The number of hydrogen-bond acceptors (Lipinski definition) is 1. The van der Waals surface area contributed by atoms with Gasteiger partial charge in [-0.2, -0.15) is 0 Å². The van der Waals surface area contributed by atoms with Gasteiger partial charge in [-0.3, -0.25) is 4.79 Å². The van der Waals surface area contributed by atoms with E-state index in [0.717, 1.165) is 19.3 Å². The van der Waals surface area contributed by atoms with Crippen LogP contribution in [-0.4, -0.2) is 17.0 Å². The minimum atomic E-state index is -2.66. The van der Waals surface area contributed by atoms with Crippen LogP contribution in [0.4, 0.5) is 8.78 Å². The first-order valence-corrected chi connectivity index (χ1v) is 6.78. The van der Waals surface area contributed by atoms with Crippen LogP contribution in [-0.2, 0) is 4.79 Å². The summed E-state index contributed by atoms with van der Waals surface area (Å²) in [5.74, 6) is -3.45. The van der Waals surface area contributed by atoms with E-state index in [1.54, 1.807) is 0 Å². The highest BCUT2D eigenvalue weighted by Crippen LogP contribution is 2.56. The maximum absolute atomic E-state index is 13.3. The van der Waals surface area contributed by atoms with Gasteiger partial charge in [0.25, 0.3) is 0 Å². The molecule has 4 heteroatoms. The Kier molecular flexibility index (Phi) is 3.19. The Bertz CT molecular complexity index is 340. The molecule has 18 heavy (non-hydrogen) atoms. The van der Waals surface area contributed by atoms with E-state index in [-0.39, 0.29) is 37.0 Å². The van der Waals surface area contributed by atoms with Crippen molar-refractivity contribution in [2.24, 2.45) is 16.7 Å². The maximum atomic E-state index is 13.3. The molecule has 0 radical (unpaired) electrons. The summed E-state index contributed by atoms with van der Waals surface area (Å²) >= 11 is 0. The van der Waals surface area contributed by atoms with Gasteiger partial charge in [-0.25, -0.2) is 8.78 Å². The number of carboxylic acids is 1. The molecule has 0 saturated heterocycles. The fraction of sp³-hybridized carbons (Fsp3) is 0.929. The Morgan fingerprint density at radius 2 is 1.67 bits per heavy atom. The van der Waals surface area contributed by atoms with Crippen molar-refractivity contribution in [1.29, 1.82) is 0 Å². The second-order valence-electron chi connectivity index (χ2n) is 6.92. The molecule has 0 bridgehead atoms. The summed E-state index contributed by atoms with van der Waals surface area (Å²) in [5, 5.41) is 9.54.